The number of pyridine rings is 2. The van der Waals surface area contributed by atoms with E-state index in [1.54, 1.807) is 11.3 Å². The Kier molecular flexibility index (Phi) is 6.06. The molecule has 4 nitrogen and oxygen atoms in total. The molecule has 0 spiro atoms. The van der Waals surface area contributed by atoms with Crippen LogP contribution in [0.25, 0.3) is 76.2 Å². The largest absolute Gasteiger partial charge is 0.337 e. The van der Waals surface area contributed by atoms with Crippen molar-refractivity contribution in [3.8, 4) is 16.9 Å². The number of para-hydroxylation sites is 1. The SMILES string of the molecule is C/C=C\C=C/Cn1c2ccccc2c2cc(-c3ccc4c(c3)c3c(n4-c4ccc5sc6cccnc6c5n4)CCC=C3)ccc21. The van der Waals surface area contributed by atoms with Gasteiger partial charge in [-0.05, 0) is 85.5 Å². The summed E-state index contributed by atoms with van der Waals surface area (Å²) in [5.74, 6) is 0.958. The first-order valence-corrected chi connectivity index (χ1v) is 16.4. The minimum atomic E-state index is 0.836. The molecule has 0 saturated heterocycles. The van der Waals surface area contributed by atoms with Gasteiger partial charge < -0.3 is 4.57 Å². The van der Waals surface area contributed by atoms with E-state index in [0.717, 1.165) is 36.2 Å². The zero-order valence-corrected chi connectivity index (χ0v) is 25.8. The van der Waals surface area contributed by atoms with Crippen LogP contribution in [0.1, 0.15) is 24.6 Å². The minimum absolute atomic E-state index is 0.836. The molecule has 0 amide bonds. The van der Waals surface area contributed by atoms with Gasteiger partial charge in [0.2, 0.25) is 0 Å². The van der Waals surface area contributed by atoms with Gasteiger partial charge in [0, 0.05) is 51.2 Å². The van der Waals surface area contributed by atoms with Crippen LogP contribution in [0.2, 0.25) is 0 Å². The Morgan fingerprint density at radius 3 is 2.51 bits per heavy atom. The van der Waals surface area contributed by atoms with Crippen LogP contribution in [0.15, 0.2) is 122 Å². The van der Waals surface area contributed by atoms with Crippen LogP contribution in [0.4, 0.5) is 0 Å². The summed E-state index contributed by atoms with van der Waals surface area (Å²) in [6, 6.07) is 31.1. The zero-order valence-electron chi connectivity index (χ0n) is 24.9. The van der Waals surface area contributed by atoms with E-state index in [1.807, 2.05) is 19.2 Å². The molecule has 0 fully saturated rings. The number of benzene rings is 3. The van der Waals surface area contributed by atoms with Gasteiger partial charge in [-0.25, -0.2) is 4.98 Å². The fourth-order valence-corrected chi connectivity index (χ4v) is 8.04. The summed E-state index contributed by atoms with van der Waals surface area (Å²) in [6.07, 6.45) is 17.0. The van der Waals surface area contributed by atoms with E-state index in [0.29, 0.717) is 0 Å². The van der Waals surface area contributed by atoms with Crippen molar-refractivity contribution in [1.29, 1.82) is 0 Å². The van der Waals surface area contributed by atoms with E-state index in [9.17, 15) is 0 Å². The summed E-state index contributed by atoms with van der Waals surface area (Å²) in [7, 11) is 0. The lowest BCUT2D eigenvalue weighted by molar-refractivity contribution is 0.875. The van der Waals surface area contributed by atoms with Crippen molar-refractivity contribution in [2.24, 2.45) is 0 Å². The number of rotatable bonds is 5. The lowest BCUT2D eigenvalue weighted by atomic mass is 9.98. The molecule has 216 valence electrons. The van der Waals surface area contributed by atoms with Gasteiger partial charge in [0.15, 0.2) is 0 Å². The van der Waals surface area contributed by atoms with Crippen LogP contribution >= 0.6 is 11.3 Å². The van der Waals surface area contributed by atoms with Gasteiger partial charge in [-0.3, -0.25) is 9.55 Å². The Labute approximate surface area is 264 Å². The van der Waals surface area contributed by atoms with E-state index in [1.165, 1.54) is 64.5 Å². The predicted octanol–water partition coefficient (Wildman–Crippen LogP) is 10.7. The summed E-state index contributed by atoms with van der Waals surface area (Å²) < 4.78 is 7.14. The quantitative estimate of drug-likeness (QED) is 0.185. The van der Waals surface area contributed by atoms with Gasteiger partial charge in [0.1, 0.15) is 16.9 Å². The second-order valence-electron chi connectivity index (χ2n) is 11.7. The zero-order chi connectivity index (χ0) is 29.9. The van der Waals surface area contributed by atoms with Crippen LogP contribution in [0.5, 0.6) is 0 Å². The van der Waals surface area contributed by atoms with Crippen molar-refractivity contribution >= 4 is 70.6 Å². The van der Waals surface area contributed by atoms with Gasteiger partial charge in [-0.1, -0.05) is 66.8 Å². The highest BCUT2D eigenvalue weighted by molar-refractivity contribution is 7.25. The first-order chi connectivity index (χ1) is 22.3. The Bertz CT molecular complexity index is 2540. The minimum Gasteiger partial charge on any atom is -0.337 e. The van der Waals surface area contributed by atoms with Crippen LogP contribution in [-0.2, 0) is 13.0 Å². The predicted molar refractivity (Wildman–Crippen MR) is 192 cm³/mol. The number of nitrogens with zero attached hydrogens (tertiary/aromatic N) is 4. The Morgan fingerprint density at radius 1 is 0.778 bits per heavy atom. The molecule has 0 saturated carbocycles. The highest BCUT2D eigenvalue weighted by atomic mass is 32.1. The monoisotopic (exact) mass is 598 g/mol. The van der Waals surface area contributed by atoms with Crippen LogP contribution < -0.4 is 0 Å². The van der Waals surface area contributed by atoms with Gasteiger partial charge in [0.05, 0.1) is 14.9 Å². The van der Waals surface area contributed by atoms with Crippen LogP contribution in [-0.4, -0.2) is 19.1 Å². The third kappa shape index (κ3) is 4.11. The molecule has 1 aliphatic carbocycles. The van der Waals surface area contributed by atoms with Crippen LogP contribution in [0.3, 0.4) is 0 Å². The number of fused-ring (bicyclic) bond motifs is 9. The first kappa shape index (κ1) is 26.2. The number of aromatic nitrogens is 4. The average molecular weight is 599 g/mol. The highest BCUT2D eigenvalue weighted by Gasteiger charge is 2.21. The van der Waals surface area contributed by atoms with E-state index < -0.39 is 0 Å². The van der Waals surface area contributed by atoms with Crippen molar-refractivity contribution in [3.05, 3.63) is 133 Å². The molecule has 8 aromatic rings. The number of allylic oxidation sites excluding steroid dienone is 5. The van der Waals surface area contributed by atoms with E-state index in [2.05, 4.69) is 129 Å². The molecule has 0 bridgehead atoms. The third-order valence-electron chi connectivity index (χ3n) is 9.06. The summed E-state index contributed by atoms with van der Waals surface area (Å²) in [4.78, 5) is 9.89. The maximum Gasteiger partial charge on any atom is 0.138 e. The molecular weight excluding hydrogens is 569 g/mol. The molecule has 0 N–H and O–H groups in total. The lowest BCUT2D eigenvalue weighted by Crippen LogP contribution is -2.04. The van der Waals surface area contributed by atoms with Crippen molar-refractivity contribution in [1.82, 2.24) is 19.1 Å². The molecule has 0 aliphatic heterocycles. The highest BCUT2D eigenvalue weighted by Crippen LogP contribution is 2.39. The molecule has 5 heterocycles. The smallest absolute Gasteiger partial charge is 0.138 e. The number of hydrogen-bond donors (Lipinski definition) is 0. The molecule has 1 aliphatic rings. The topological polar surface area (TPSA) is 35.6 Å². The second-order valence-corrected chi connectivity index (χ2v) is 12.7. The van der Waals surface area contributed by atoms with E-state index in [4.69, 9.17) is 4.98 Å². The summed E-state index contributed by atoms with van der Waals surface area (Å²) in [6.45, 7) is 2.88. The van der Waals surface area contributed by atoms with Gasteiger partial charge >= 0.3 is 0 Å². The van der Waals surface area contributed by atoms with Gasteiger partial charge in [0.25, 0.3) is 0 Å². The van der Waals surface area contributed by atoms with Crippen molar-refractivity contribution < 1.29 is 0 Å². The number of thiophene rings is 1. The maximum absolute atomic E-state index is 5.22. The van der Waals surface area contributed by atoms with E-state index in [-0.39, 0.29) is 0 Å². The fraction of sp³-hybridized carbons (Fsp3) is 0.100. The second kappa shape index (κ2) is 10.4. The van der Waals surface area contributed by atoms with Gasteiger partial charge in [-0.15, -0.1) is 11.3 Å². The summed E-state index contributed by atoms with van der Waals surface area (Å²) in [5.41, 5.74) is 10.8. The summed E-state index contributed by atoms with van der Waals surface area (Å²) in [5, 5.41) is 3.85. The third-order valence-corrected chi connectivity index (χ3v) is 10.2. The Hall–Kier alpha value is -5.26. The molecule has 45 heavy (non-hydrogen) atoms. The van der Waals surface area contributed by atoms with Crippen molar-refractivity contribution in [2.45, 2.75) is 26.3 Å². The normalized spacial score (nSPS) is 13.5. The first-order valence-electron chi connectivity index (χ1n) is 15.6. The number of hydrogen-bond acceptors (Lipinski definition) is 3. The Balaban J connectivity index is 1.20. The molecule has 3 aromatic carbocycles. The molecule has 0 unspecified atom stereocenters. The molecule has 0 radical (unpaired) electrons. The average Bonchev–Trinajstić information content (AvgIpc) is 3.73. The molecule has 0 atom stereocenters. The standard InChI is InChI=1S/C40H30N4S/c1-2-3-4-9-23-43-32-13-7-5-11-28(32)30-24-26(16-18-33(30)43)27-17-19-35-31(25-27)29-12-6-8-14-34(29)44(35)38-21-20-37-40(42-38)39-36(45-37)15-10-22-41-39/h2-7,9-13,15-22,24-25H,8,14,23H2,1H3/b3-2-,9-4-. The maximum atomic E-state index is 5.22. The fourth-order valence-electron chi connectivity index (χ4n) is 7.03. The lowest BCUT2D eigenvalue weighted by Gasteiger charge is -2.12. The molecular formula is C40H30N4S. The van der Waals surface area contributed by atoms with Crippen molar-refractivity contribution in [3.63, 3.8) is 0 Å². The Morgan fingerprint density at radius 2 is 1.60 bits per heavy atom. The van der Waals surface area contributed by atoms with Gasteiger partial charge in [-0.2, -0.15) is 0 Å². The van der Waals surface area contributed by atoms with E-state index >= 15 is 0 Å². The molecule has 5 heteroatoms. The molecule has 5 aromatic heterocycles. The van der Waals surface area contributed by atoms with Crippen LogP contribution in [0, 0.1) is 0 Å². The molecule has 9 rings (SSSR count). The summed E-state index contributed by atoms with van der Waals surface area (Å²) >= 11 is 1.76. The van der Waals surface area contributed by atoms with Crippen molar-refractivity contribution in [2.75, 3.05) is 0 Å².